The van der Waals surface area contributed by atoms with E-state index in [2.05, 4.69) is 9.59 Å². The molecule has 0 bridgehead atoms. The van der Waals surface area contributed by atoms with Crippen molar-refractivity contribution >= 4 is 17.4 Å². The first-order valence-electron chi connectivity index (χ1n) is 5.48. The number of hydrogen-bond donors (Lipinski definition) is 0. The molecule has 0 spiro atoms. The van der Waals surface area contributed by atoms with Gasteiger partial charge in [-0.2, -0.15) is 0 Å². The summed E-state index contributed by atoms with van der Waals surface area (Å²) in [6.07, 6.45) is 1.04. The Morgan fingerprint density at radius 1 is 1.59 bits per heavy atom. The van der Waals surface area contributed by atoms with Gasteiger partial charge in [0.25, 0.3) is 5.91 Å². The van der Waals surface area contributed by atoms with Gasteiger partial charge in [0.15, 0.2) is 5.69 Å². The Balaban J connectivity index is 1.64. The van der Waals surface area contributed by atoms with E-state index in [1.54, 1.807) is 17.4 Å². The number of likely N-dealkylation sites (tertiary alicyclic amines) is 1. The van der Waals surface area contributed by atoms with Crippen LogP contribution >= 0.6 is 11.5 Å². The van der Waals surface area contributed by atoms with Crippen LogP contribution in [0.4, 0.5) is 0 Å². The minimum Gasteiger partial charge on any atom is -0.385 e. The molecule has 1 aliphatic rings. The zero-order valence-electron chi connectivity index (χ0n) is 9.66. The smallest absolute Gasteiger partial charge is 0.275 e. The first kappa shape index (κ1) is 12.4. The number of carbonyl (C=O) groups is 1. The minimum absolute atomic E-state index is 0.0597. The number of aromatic nitrogens is 2. The molecule has 1 saturated heterocycles. The Morgan fingerprint density at radius 2 is 2.41 bits per heavy atom. The molecule has 2 rings (SSSR count). The predicted molar refractivity (Wildman–Crippen MR) is 62.0 cm³/mol. The van der Waals surface area contributed by atoms with Gasteiger partial charge in [-0.25, -0.2) is 0 Å². The molecule has 0 atom stereocenters. The summed E-state index contributed by atoms with van der Waals surface area (Å²) in [6.45, 7) is 2.67. The Kier molecular flexibility index (Phi) is 4.41. The predicted octanol–water partition coefficient (Wildman–Crippen LogP) is 0.416. The summed E-state index contributed by atoms with van der Waals surface area (Å²) >= 11 is 1.19. The average molecular weight is 257 g/mol. The summed E-state index contributed by atoms with van der Waals surface area (Å²) in [5, 5.41) is 5.41. The first-order chi connectivity index (χ1) is 8.31. The zero-order chi connectivity index (χ0) is 12.1. The molecule has 6 nitrogen and oxygen atoms in total. The van der Waals surface area contributed by atoms with Gasteiger partial charge in [-0.1, -0.05) is 4.49 Å². The fraction of sp³-hybridized carbons (Fsp3) is 0.700. The topological polar surface area (TPSA) is 64.6 Å². The number of amides is 1. The normalized spacial score (nSPS) is 15.9. The number of ether oxygens (including phenoxy) is 2. The lowest BCUT2D eigenvalue weighted by molar-refractivity contribution is -0.0466. The SMILES string of the molecule is COCCCOC1CN(C(=O)c2csnn2)C1. The van der Waals surface area contributed by atoms with E-state index in [4.69, 9.17) is 9.47 Å². The molecular weight excluding hydrogens is 242 g/mol. The van der Waals surface area contributed by atoms with Crippen LogP contribution in [0.1, 0.15) is 16.9 Å². The molecule has 2 heterocycles. The third-order valence-electron chi connectivity index (χ3n) is 2.56. The maximum atomic E-state index is 11.8. The second kappa shape index (κ2) is 6.04. The summed E-state index contributed by atoms with van der Waals surface area (Å²) in [5.74, 6) is -0.0597. The third kappa shape index (κ3) is 3.21. The lowest BCUT2D eigenvalue weighted by Gasteiger charge is -2.38. The van der Waals surface area contributed by atoms with Crippen molar-refractivity contribution in [2.75, 3.05) is 33.4 Å². The van der Waals surface area contributed by atoms with E-state index < -0.39 is 0 Å². The van der Waals surface area contributed by atoms with Gasteiger partial charge in [0, 0.05) is 38.8 Å². The van der Waals surface area contributed by atoms with Crippen LogP contribution in [0.3, 0.4) is 0 Å². The molecule has 1 amide bonds. The molecule has 0 N–H and O–H groups in total. The fourth-order valence-electron chi connectivity index (χ4n) is 1.58. The van der Waals surface area contributed by atoms with Crippen LogP contribution in [-0.4, -0.2) is 59.9 Å². The van der Waals surface area contributed by atoms with Crippen LogP contribution in [0.15, 0.2) is 5.38 Å². The van der Waals surface area contributed by atoms with Gasteiger partial charge >= 0.3 is 0 Å². The van der Waals surface area contributed by atoms with Crippen molar-refractivity contribution in [1.29, 1.82) is 0 Å². The number of nitrogens with zero attached hydrogens (tertiary/aromatic N) is 3. The maximum absolute atomic E-state index is 11.8. The van der Waals surface area contributed by atoms with Gasteiger partial charge in [0.2, 0.25) is 0 Å². The molecule has 0 radical (unpaired) electrons. The lowest BCUT2D eigenvalue weighted by atomic mass is 10.1. The maximum Gasteiger partial charge on any atom is 0.275 e. The van der Waals surface area contributed by atoms with E-state index in [9.17, 15) is 4.79 Å². The highest BCUT2D eigenvalue weighted by atomic mass is 32.1. The number of hydrogen-bond acceptors (Lipinski definition) is 6. The van der Waals surface area contributed by atoms with Gasteiger partial charge in [0.1, 0.15) is 0 Å². The third-order valence-corrected chi connectivity index (χ3v) is 3.07. The Bertz CT molecular complexity index is 352. The van der Waals surface area contributed by atoms with E-state index >= 15 is 0 Å². The van der Waals surface area contributed by atoms with E-state index in [-0.39, 0.29) is 12.0 Å². The highest BCUT2D eigenvalue weighted by Crippen LogP contribution is 2.15. The van der Waals surface area contributed by atoms with Crippen LogP contribution < -0.4 is 0 Å². The van der Waals surface area contributed by atoms with E-state index in [1.807, 2.05) is 0 Å². The van der Waals surface area contributed by atoms with Gasteiger partial charge in [-0.3, -0.25) is 4.79 Å². The fourth-order valence-corrected chi connectivity index (χ4v) is 2.01. The molecule has 0 saturated carbocycles. The second-order valence-corrected chi connectivity index (χ2v) is 4.45. The lowest BCUT2D eigenvalue weighted by Crippen LogP contribution is -2.54. The number of methoxy groups -OCH3 is 1. The van der Waals surface area contributed by atoms with Crippen LogP contribution in [-0.2, 0) is 9.47 Å². The number of carbonyl (C=O) groups excluding carboxylic acids is 1. The van der Waals surface area contributed by atoms with Crippen molar-refractivity contribution in [3.05, 3.63) is 11.1 Å². The molecule has 94 valence electrons. The number of rotatable bonds is 6. The monoisotopic (exact) mass is 257 g/mol. The average Bonchev–Trinajstić information content (AvgIpc) is 2.79. The van der Waals surface area contributed by atoms with Crippen molar-refractivity contribution in [3.8, 4) is 0 Å². The summed E-state index contributed by atoms with van der Waals surface area (Å²) in [7, 11) is 1.67. The first-order valence-corrected chi connectivity index (χ1v) is 6.32. The van der Waals surface area contributed by atoms with Crippen LogP contribution in [0.2, 0.25) is 0 Å². The molecule has 17 heavy (non-hydrogen) atoms. The summed E-state index contributed by atoms with van der Waals surface area (Å²) in [5.41, 5.74) is 0.424. The Hall–Kier alpha value is -1.05. The van der Waals surface area contributed by atoms with Gasteiger partial charge in [-0.15, -0.1) is 5.10 Å². The largest absolute Gasteiger partial charge is 0.385 e. The molecular formula is C10H15N3O3S. The van der Waals surface area contributed by atoms with Crippen LogP contribution in [0.5, 0.6) is 0 Å². The van der Waals surface area contributed by atoms with Crippen molar-refractivity contribution in [1.82, 2.24) is 14.5 Å². The van der Waals surface area contributed by atoms with Crippen molar-refractivity contribution < 1.29 is 14.3 Å². The Labute approximate surface area is 104 Å². The van der Waals surface area contributed by atoms with Gasteiger partial charge < -0.3 is 14.4 Å². The Morgan fingerprint density at radius 3 is 3.06 bits per heavy atom. The highest BCUT2D eigenvalue weighted by molar-refractivity contribution is 7.03. The quantitative estimate of drug-likeness (QED) is 0.691. The van der Waals surface area contributed by atoms with Crippen LogP contribution in [0, 0.1) is 0 Å². The molecule has 7 heteroatoms. The zero-order valence-corrected chi connectivity index (χ0v) is 10.5. The molecule has 1 aromatic heterocycles. The summed E-state index contributed by atoms with van der Waals surface area (Å²) in [4.78, 5) is 13.5. The van der Waals surface area contributed by atoms with E-state index in [0.717, 1.165) is 6.42 Å². The van der Waals surface area contributed by atoms with Crippen molar-refractivity contribution in [2.45, 2.75) is 12.5 Å². The van der Waals surface area contributed by atoms with E-state index in [1.165, 1.54) is 11.5 Å². The minimum atomic E-state index is -0.0597. The molecule has 0 aliphatic carbocycles. The van der Waals surface area contributed by atoms with E-state index in [0.29, 0.717) is 32.0 Å². The van der Waals surface area contributed by atoms with Crippen molar-refractivity contribution in [3.63, 3.8) is 0 Å². The van der Waals surface area contributed by atoms with Crippen molar-refractivity contribution in [2.24, 2.45) is 0 Å². The van der Waals surface area contributed by atoms with Gasteiger partial charge in [0.05, 0.1) is 6.10 Å². The van der Waals surface area contributed by atoms with Crippen LogP contribution in [0.25, 0.3) is 0 Å². The second-order valence-electron chi connectivity index (χ2n) is 3.84. The molecule has 1 aromatic rings. The molecule has 1 aliphatic heterocycles. The van der Waals surface area contributed by atoms with Gasteiger partial charge in [-0.05, 0) is 18.0 Å². The summed E-state index contributed by atoms with van der Waals surface area (Å²) in [6, 6.07) is 0. The molecule has 0 aromatic carbocycles. The highest BCUT2D eigenvalue weighted by Gasteiger charge is 2.32. The standard InChI is InChI=1S/C10H15N3O3S/c1-15-3-2-4-16-8-5-13(6-8)10(14)9-7-17-12-11-9/h7-8H,2-6H2,1H3. The molecule has 1 fully saturated rings. The summed E-state index contributed by atoms with van der Waals surface area (Å²) < 4.78 is 14.2. The molecule has 0 unspecified atom stereocenters.